The number of hydrogen-bond donors (Lipinski definition) is 2. The van der Waals surface area contributed by atoms with Gasteiger partial charge in [0.05, 0.1) is 34.5 Å². The molecule has 4 rings (SSSR count). The zero-order valence-electron chi connectivity index (χ0n) is 23.3. The minimum absolute atomic E-state index is 0.131. The number of alkyl halides is 2. The number of likely N-dealkylation sites (N-methyl/N-ethyl adjacent to an activating group) is 2. The molecule has 0 fully saturated rings. The molecule has 4 aromatic rings. The monoisotopic (exact) mass is 562 g/mol. The Kier molecular flexibility index (Phi) is 9.25. The molecule has 0 unspecified atom stereocenters. The van der Waals surface area contributed by atoms with Crippen molar-refractivity contribution in [1.29, 1.82) is 0 Å². The minimum Gasteiger partial charge on any atom is -0.433 e. The first-order valence-corrected chi connectivity index (χ1v) is 12.8. The molecule has 3 heterocycles. The second kappa shape index (κ2) is 13.0. The number of carbonyl (C=O) groups is 1. The highest BCUT2D eigenvalue weighted by Gasteiger charge is 2.20. The molecule has 0 saturated carbocycles. The maximum Gasteiger partial charge on any atom is 0.387 e. The quantitative estimate of drug-likeness (QED) is 0.181. The van der Waals surface area contributed by atoms with E-state index in [0.29, 0.717) is 30.2 Å². The zero-order chi connectivity index (χ0) is 29.5. The Labute approximate surface area is 237 Å². The van der Waals surface area contributed by atoms with E-state index in [9.17, 15) is 13.6 Å². The number of benzene rings is 1. The molecule has 0 spiro atoms. The number of amides is 1. The van der Waals surface area contributed by atoms with Crippen LogP contribution < -0.4 is 20.3 Å². The highest BCUT2D eigenvalue weighted by Crippen LogP contribution is 2.39. The third-order valence-electron chi connectivity index (χ3n) is 6.15. The van der Waals surface area contributed by atoms with E-state index in [4.69, 9.17) is 4.74 Å². The minimum atomic E-state index is -3.08. The maximum absolute atomic E-state index is 13.5. The first-order chi connectivity index (χ1) is 19.7. The Hall–Kier alpha value is -4.84. The summed E-state index contributed by atoms with van der Waals surface area (Å²) in [5.74, 6) is -0.395. The smallest absolute Gasteiger partial charge is 0.387 e. The number of nitrogens with one attached hydrogen (secondary N) is 2. The van der Waals surface area contributed by atoms with Crippen LogP contribution >= 0.6 is 0 Å². The van der Waals surface area contributed by atoms with Crippen molar-refractivity contribution in [3.05, 3.63) is 79.3 Å². The number of allylic oxidation sites excluding steroid dienone is 2. The SMILES string of the molecule is C=C/C=C\C(=O)Nc1cc(Nc2ncc(C)c(-c3cnn4ccccc34)n2)c(OC(F)F)cc1N(C)CCN(C)C. The molecule has 0 saturated heterocycles. The van der Waals surface area contributed by atoms with Gasteiger partial charge in [0.2, 0.25) is 11.9 Å². The average Bonchev–Trinajstić information content (AvgIpc) is 3.36. The molecule has 2 N–H and O–H groups in total. The van der Waals surface area contributed by atoms with Crippen molar-refractivity contribution in [2.75, 3.05) is 49.8 Å². The van der Waals surface area contributed by atoms with Gasteiger partial charge in [-0.2, -0.15) is 13.9 Å². The third-order valence-corrected chi connectivity index (χ3v) is 6.15. The number of hydrogen-bond acceptors (Lipinski definition) is 8. The molecule has 0 aliphatic heterocycles. The van der Waals surface area contributed by atoms with Crippen LogP contribution in [0.4, 0.5) is 31.8 Å². The van der Waals surface area contributed by atoms with E-state index in [1.807, 2.05) is 55.2 Å². The van der Waals surface area contributed by atoms with Crippen molar-refractivity contribution >= 4 is 34.4 Å². The molecule has 0 aliphatic rings. The summed E-state index contributed by atoms with van der Waals surface area (Å²) in [6.45, 7) is 3.62. The Bertz CT molecular complexity index is 1570. The number of ether oxygens (including phenoxy) is 1. The van der Waals surface area contributed by atoms with Gasteiger partial charge in [0, 0.05) is 50.2 Å². The number of fused-ring (bicyclic) bond motifs is 1. The van der Waals surface area contributed by atoms with Crippen molar-refractivity contribution in [3.63, 3.8) is 0 Å². The molecule has 3 aromatic heterocycles. The molecule has 214 valence electrons. The molecule has 10 nitrogen and oxygen atoms in total. The van der Waals surface area contributed by atoms with E-state index >= 15 is 0 Å². The van der Waals surface area contributed by atoms with Crippen molar-refractivity contribution in [3.8, 4) is 17.0 Å². The molecule has 1 aromatic carbocycles. The summed E-state index contributed by atoms with van der Waals surface area (Å²) in [6.07, 6.45) is 9.48. The van der Waals surface area contributed by atoms with Crippen LogP contribution in [0.15, 0.2) is 73.7 Å². The third kappa shape index (κ3) is 7.22. The van der Waals surface area contributed by atoms with E-state index in [-0.39, 0.29) is 17.4 Å². The van der Waals surface area contributed by atoms with Gasteiger partial charge in [-0.1, -0.05) is 24.8 Å². The lowest BCUT2D eigenvalue weighted by Gasteiger charge is -2.26. The van der Waals surface area contributed by atoms with E-state index in [2.05, 4.69) is 32.3 Å². The number of halogens is 2. The second-order valence-corrected chi connectivity index (χ2v) is 9.49. The van der Waals surface area contributed by atoms with E-state index in [0.717, 1.165) is 16.6 Å². The number of pyridine rings is 1. The predicted molar refractivity (Wildman–Crippen MR) is 157 cm³/mol. The van der Waals surface area contributed by atoms with Crippen LogP contribution in [0.3, 0.4) is 0 Å². The second-order valence-electron chi connectivity index (χ2n) is 9.49. The van der Waals surface area contributed by atoms with Crippen LogP contribution in [0, 0.1) is 6.92 Å². The van der Waals surface area contributed by atoms with Gasteiger partial charge in [-0.25, -0.2) is 14.5 Å². The molecule has 12 heteroatoms. The molecule has 41 heavy (non-hydrogen) atoms. The summed E-state index contributed by atoms with van der Waals surface area (Å²) in [5.41, 5.74) is 4.09. The number of aryl methyl sites for hydroxylation is 1. The summed E-state index contributed by atoms with van der Waals surface area (Å²) in [4.78, 5) is 25.5. The average molecular weight is 563 g/mol. The highest BCUT2D eigenvalue weighted by atomic mass is 19.3. The number of aromatic nitrogens is 4. The van der Waals surface area contributed by atoms with Crippen LogP contribution in [0.1, 0.15) is 5.56 Å². The van der Waals surface area contributed by atoms with Gasteiger partial charge in [-0.15, -0.1) is 0 Å². The molecule has 0 bridgehead atoms. The van der Waals surface area contributed by atoms with Gasteiger partial charge in [-0.05, 0) is 44.8 Å². The predicted octanol–water partition coefficient (Wildman–Crippen LogP) is 5.12. The van der Waals surface area contributed by atoms with Gasteiger partial charge in [-0.3, -0.25) is 4.79 Å². The summed E-state index contributed by atoms with van der Waals surface area (Å²) in [5, 5.41) is 10.2. The van der Waals surface area contributed by atoms with Crippen LogP contribution in [0.5, 0.6) is 5.75 Å². The fourth-order valence-electron chi connectivity index (χ4n) is 4.09. The first-order valence-electron chi connectivity index (χ1n) is 12.8. The molecule has 0 atom stereocenters. The van der Waals surface area contributed by atoms with Crippen LogP contribution in [-0.4, -0.2) is 71.2 Å². The number of rotatable bonds is 12. The Balaban J connectivity index is 1.77. The normalized spacial score (nSPS) is 11.4. The summed E-state index contributed by atoms with van der Waals surface area (Å²) < 4.78 is 33.7. The van der Waals surface area contributed by atoms with Crippen LogP contribution in [-0.2, 0) is 4.79 Å². The zero-order valence-corrected chi connectivity index (χ0v) is 23.3. The van der Waals surface area contributed by atoms with Crippen molar-refractivity contribution < 1.29 is 18.3 Å². The molecule has 0 radical (unpaired) electrons. The lowest BCUT2D eigenvalue weighted by Crippen LogP contribution is -2.29. The lowest BCUT2D eigenvalue weighted by atomic mass is 10.1. The van der Waals surface area contributed by atoms with E-state index < -0.39 is 12.5 Å². The fourth-order valence-corrected chi connectivity index (χ4v) is 4.09. The number of nitrogens with zero attached hydrogens (tertiary/aromatic N) is 6. The fraction of sp³-hybridized carbons (Fsp3) is 0.241. The van der Waals surface area contributed by atoms with Crippen LogP contribution in [0.2, 0.25) is 0 Å². The van der Waals surface area contributed by atoms with Crippen molar-refractivity contribution in [2.24, 2.45) is 0 Å². The topological polar surface area (TPSA) is 99.9 Å². The number of carbonyl (C=O) groups excluding carboxylic acids is 1. The molecular weight excluding hydrogens is 530 g/mol. The lowest BCUT2D eigenvalue weighted by molar-refractivity contribution is -0.111. The van der Waals surface area contributed by atoms with Gasteiger partial charge in [0.25, 0.3) is 0 Å². The van der Waals surface area contributed by atoms with Gasteiger partial charge >= 0.3 is 6.61 Å². The Morgan fingerprint density at radius 1 is 1.17 bits per heavy atom. The van der Waals surface area contributed by atoms with Crippen molar-refractivity contribution in [1.82, 2.24) is 24.5 Å². The van der Waals surface area contributed by atoms with Gasteiger partial charge in [0.15, 0.2) is 5.75 Å². The van der Waals surface area contributed by atoms with Crippen LogP contribution in [0.25, 0.3) is 16.8 Å². The van der Waals surface area contributed by atoms with E-state index in [1.165, 1.54) is 30.4 Å². The summed E-state index contributed by atoms with van der Waals surface area (Å²) >= 11 is 0. The summed E-state index contributed by atoms with van der Waals surface area (Å²) in [6, 6.07) is 8.68. The Morgan fingerprint density at radius 2 is 1.98 bits per heavy atom. The van der Waals surface area contributed by atoms with E-state index in [1.54, 1.807) is 24.0 Å². The molecule has 1 amide bonds. The first kappa shape index (κ1) is 29.2. The maximum atomic E-state index is 13.5. The van der Waals surface area contributed by atoms with Gasteiger partial charge < -0.3 is 25.2 Å². The number of anilines is 4. The molecule has 0 aliphatic carbocycles. The van der Waals surface area contributed by atoms with Crippen molar-refractivity contribution in [2.45, 2.75) is 13.5 Å². The highest BCUT2D eigenvalue weighted by molar-refractivity contribution is 6.02. The summed E-state index contributed by atoms with van der Waals surface area (Å²) in [7, 11) is 5.66. The Morgan fingerprint density at radius 3 is 2.71 bits per heavy atom. The standard InChI is InChI=1S/C29H32F2N8O2/c1-6-7-11-26(40)34-21-15-22(25(41-28(30)31)16-24(21)38(5)14-13-37(3)4)35-29-32-17-19(2)27(36-29)20-18-33-39-12-9-8-10-23(20)39/h6-12,15-18,28H,1,13-14H2,2-5H3,(H,34,40)(H,32,35,36)/b11-7-. The van der Waals surface area contributed by atoms with Gasteiger partial charge in [0.1, 0.15) is 0 Å². The largest absolute Gasteiger partial charge is 0.433 e. The molecular formula is C29H32F2N8O2.